The summed E-state index contributed by atoms with van der Waals surface area (Å²) in [5, 5.41) is 10.1. The van der Waals surface area contributed by atoms with Crippen molar-refractivity contribution in [2.45, 2.75) is 13.8 Å². The second kappa shape index (κ2) is 6.80. The fourth-order valence-electron chi connectivity index (χ4n) is 2.68. The van der Waals surface area contributed by atoms with Crippen molar-refractivity contribution in [3.05, 3.63) is 23.8 Å². The molecule has 0 aliphatic carbocycles. The largest absolute Gasteiger partial charge is 0.504 e. The smallest absolute Gasteiger partial charge is 0.257 e. The maximum atomic E-state index is 12.5. The monoisotopic (exact) mass is 292 g/mol. The zero-order chi connectivity index (χ0) is 15.4. The van der Waals surface area contributed by atoms with Gasteiger partial charge in [-0.1, -0.05) is 19.9 Å². The number of phenolic OH excluding ortho intramolecular Hbond substituents is 1. The minimum absolute atomic E-state index is 0.0744. The zero-order valence-corrected chi connectivity index (χ0v) is 13.0. The number of carbonyl (C=O) groups excluding carboxylic acids is 1. The Balaban J connectivity index is 2.02. The quantitative estimate of drug-likeness (QED) is 0.919. The van der Waals surface area contributed by atoms with Crippen LogP contribution in [0.5, 0.6) is 11.5 Å². The van der Waals surface area contributed by atoms with Gasteiger partial charge in [-0.3, -0.25) is 9.69 Å². The fraction of sp³-hybridized carbons (Fsp3) is 0.562. The number of ether oxygens (including phenoxy) is 1. The summed E-state index contributed by atoms with van der Waals surface area (Å²) >= 11 is 0. The minimum atomic E-state index is -0.129. The summed E-state index contributed by atoms with van der Waals surface area (Å²) in [7, 11) is 1.48. The Kier molecular flexibility index (Phi) is 5.07. The van der Waals surface area contributed by atoms with Crippen molar-refractivity contribution in [1.29, 1.82) is 0 Å². The van der Waals surface area contributed by atoms with Crippen molar-refractivity contribution in [2.75, 3.05) is 39.8 Å². The molecule has 1 N–H and O–H groups in total. The number of phenols is 1. The van der Waals surface area contributed by atoms with Crippen molar-refractivity contribution in [3.63, 3.8) is 0 Å². The van der Waals surface area contributed by atoms with Crippen molar-refractivity contribution >= 4 is 5.91 Å². The number of benzene rings is 1. The van der Waals surface area contributed by atoms with Gasteiger partial charge >= 0.3 is 0 Å². The number of hydrogen-bond acceptors (Lipinski definition) is 4. The number of para-hydroxylation sites is 1. The Labute approximate surface area is 126 Å². The lowest BCUT2D eigenvalue weighted by atomic mass is 10.1. The Bertz CT molecular complexity index is 494. The van der Waals surface area contributed by atoms with Crippen LogP contribution in [0.4, 0.5) is 0 Å². The van der Waals surface area contributed by atoms with Crippen LogP contribution in [0.25, 0.3) is 0 Å². The fourth-order valence-corrected chi connectivity index (χ4v) is 2.68. The molecule has 5 nitrogen and oxygen atoms in total. The van der Waals surface area contributed by atoms with Crippen LogP contribution in [0.1, 0.15) is 24.2 Å². The number of amides is 1. The van der Waals surface area contributed by atoms with Crippen LogP contribution in [-0.4, -0.2) is 60.6 Å². The average Bonchev–Trinajstić information content (AvgIpc) is 2.47. The number of hydrogen-bond donors (Lipinski definition) is 1. The van der Waals surface area contributed by atoms with Crippen LogP contribution >= 0.6 is 0 Å². The molecular weight excluding hydrogens is 268 g/mol. The van der Waals surface area contributed by atoms with Crippen molar-refractivity contribution in [3.8, 4) is 11.5 Å². The molecule has 5 heteroatoms. The molecule has 1 aromatic rings. The first-order valence-electron chi connectivity index (χ1n) is 7.40. The van der Waals surface area contributed by atoms with E-state index >= 15 is 0 Å². The second-order valence-electron chi connectivity index (χ2n) is 5.84. The highest BCUT2D eigenvalue weighted by Gasteiger charge is 2.25. The molecule has 1 fully saturated rings. The molecule has 21 heavy (non-hydrogen) atoms. The van der Waals surface area contributed by atoms with E-state index in [0.717, 1.165) is 19.6 Å². The molecule has 1 aromatic carbocycles. The molecule has 116 valence electrons. The molecule has 1 saturated heterocycles. The van der Waals surface area contributed by atoms with Crippen molar-refractivity contribution in [1.82, 2.24) is 9.80 Å². The molecule has 0 bridgehead atoms. The second-order valence-corrected chi connectivity index (χ2v) is 5.84. The van der Waals surface area contributed by atoms with Gasteiger partial charge in [0.15, 0.2) is 11.5 Å². The summed E-state index contributed by atoms with van der Waals surface area (Å²) in [6, 6.07) is 5.01. The van der Waals surface area contributed by atoms with Crippen LogP contribution in [-0.2, 0) is 0 Å². The van der Waals surface area contributed by atoms with E-state index in [1.54, 1.807) is 23.1 Å². The molecule has 0 radical (unpaired) electrons. The topological polar surface area (TPSA) is 53.0 Å². The van der Waals surface area contributed by atoms with Gasteiger partial charge in [0.1, 0.15) is 0 Å². The summed E-state index contributed by atoms with van der Waals surface area (Å²) in [5.74, 6) is 0.763. The van der Waals surface area contributed by atoms with Gasteiger partial charge in [-0.25, -0.2) is 0 Å². The number of piperazine rings is 1. The highest BCUT2D eigenvalue weighted by Crippen LogP contribution is 2.30. The normalized spacial score (nSPS) is 16.3. The van der Waals surface area contributed by atoms with Gasteiger partial charge < -0.3 is 14.7 Å². The van der Waals surface area contributed by atoms with E-state index in [9.17, 15) is 9.90 Å². The van der Waals surface area contributed by atoms with Gasteiger partial charge in [-0.2, -0.15) is 0 Å². The number of aromatic hydroxyl groups is 1. The summed E-state index contributed by atoms with van der Waals surface area (Å²) in [4.78, 5) is 16.7. The maximum absolute atomic E-state index is 12.5. The molecular formula is C16H24N2O3. The lowest BCUT2D eigenvalue weighted by molar-refractivity contribution is 0.0620. The average molecular weight is 292 g/mol. The zero-order valence-electron chi connectivity index (χ0n) is 13.0. The van der Waals surface area contributed by atoms with Gasteiger partial charge in [-0.05, 0) is 18.1 Å². The molecule has 0 atom stereocenters. The van der Waals surface area contributed by atoms with Gasteiger partial charge in [0.05, 0.1) is 12.7 Å². The highest BCUT2D eigenvalue weighted by molar-refractivity contribution is 5.97. The first kappa shape index (κ1) is 15.6. The van der Waals surface area contributed by atoms with Crippen LogP contribution in [0, 0.1) is 5.92 Å². The van der Waals surface area contributed by atoms with Crippen molar-refractivity contribution < 1.29 is 14.6 Å². The van der Waals surface area contributed by atoms with E-state index in [4.69, 9.17) is 4.74 Å². The molecule has 0 spiro atoms. The third-order valence-electron chi connectivity index (χ3n) is 3.73. The molecule has 1 aliphatic rings. The third-order valence-corrected chi connectivity index (χ3v) is 3.73. The Morgan fingerprint density at radius 2 is 1.95 bits per heavy atom. The number of carbonyl (C=O) groups is 1. The van der Waals surface area contributed by atoms with E-state index in [1.807, 2.05) is 0 Å². The summed E-state index contributed by atoms with van der Waals surface area (Å²) < 4.78 is 5.05. The van der Waals surface area contributed by atoms with E-state index in [1.165, 1.54) is 7.11 Å². The summed E-state index contributed by atoms with van der Waals surface area (Å²) in [5.41, 5.74) is 0.312. The predicted molar refractivity (Wildman–Crippen MR) is 81.8 cm³/mol. The van der Waals surface area contributed by atoms with Gasteiger partial charge in [0.25, 0.3) is 5.91 Å². The maximum Gasteiger partial charge on any atom is 0.257 e. The summed E-state index contributed by atoms with van der Waals surface area (Å²) in [6.45, 7) is 8.62. The van der Waals surface area contributed by atoms with Crippen LogP contribution < -0.4 is 4.74 Å². The molecule has 1 amide bonds. The van der Waals surface area contributed by atoms with Gasteiger partial charge in [0.2, 0.25) is 0 Å². The van der Waals surface area contributed by atoms with E-state index in [-0.39, 0.29) is 11.7 Å². The molecule has 0 aromatic heterocycles. The molecule has 2 rings (SSSR count). The van der Waals surface area contributed by atoms with E-state index < -0.39 is 0 Å². The molecule has 1 aliphatic heterocycles. The van der Waals surface area contributed by atoms with Crippen LogP contribution in [0.2, 0.25) is 0 Å². The van der Waals surface area contributed by atoms with Crippen LogP contribution in [0.3, 0.4) is 0 Å². The standard InChI is InChI=1S/C16H24N2O3/c1-12(2)11-17-7-9-18(10-8-17)16(20)13-5-4-6-14(21-3)15(13)19/h4-6,12,19H,7-11H2,1-3H3. The Morgan fingerprint density at radius 3 is 2.52 bits per heavy atom. The number of rotatable bonds is 4. The van der Waals surface area contributed by atoms with Crippen molar-refractivity contribution in [2.24, 2.45) is 5.92 Å². The minimum Gasteiger partial charge on any atom is -0.504 e. The predicted octanol–water partition coefficient (Wildman–Crippen LogP) is 1.81. The van der Waals surface area contributed by atoms with E-state index in [0.29, 0.717) is 30.3 Å². The Hall–Kier alpha value is -1.75. The van der Waals surface area contributed by atoms with Gasteiger partial charge in [-0.15, -0.1) is 0 Å². The summed E-state index contributed by atoms with van der Waals surface area (Å²) in [6.07, 6.45) is 0. The lowest BCUT2D eigenvalue weighted by Crippen LogP contribution is -2.49. The first-order valence-corrected chi connectivity index (χ1v) is 7.40. The molecule has 0 saturated carbocycles. The molecule has 0 unspecified atom stereocenters. The third kappa shape index (κ3) is 3.67. The first-order chi connectivity index (χ1) is 10.0. The van der Waals surface area contributed by atoms with E-state index in [2.05, 4.69) is 18.7 Å². The van der Waals surface area contributed by atoms with Gasteiger partial charge in [0, 0.05) is 32.7 Å². The molecule has 1 heterocycles. The lowest BCUT2D eigenvalue weighted by Gasteiger charge is -2.35. The number of nitrogens with zero attached hydrogens (tertiary/aromatic N) is 2. The number of methoxy groups -OCH3 is 1. The Morgan fingerprint density at radius 1 is 1.29 bits per heavy atom. The SMILES string of the molecule is COc1cccc(C(=O)N2CCN(CC(C)C)CC2)c1O. The van der Waals surface area contributed by atoms with Crippen LogP contribution in [0.15, 0.2) is 18.2 Å². The highest BCUT2D eigenvalue weighted by atomic mass is 16.5.